The zero-order chi connectivity index (χ0) is 16.8. The van der Waals surface area contributed by atoms with Crippen LogP contribution in [-0.4, -0.2) is 36.9 Å². The van der Waals surface area contributed by atoms with Crippen molar-refractivity contribution in [3.63, 3.8) is 0 Å². The predicted molar refractivity (Wildman–Crippen MR) is 92.3 cm³/mol. The Morgan fingerprint density at radius 3 is 2.70 bits per heavy atom. The van der Waals surface area contributed by atoms with Crippen molar-refractivity contribution in [3.8, 4) is 5.75 Å². The number of benzene rings is 1. The van der Waals surface area contributed by atoms with Crippen LogP contribution in [0.2, 0.25) is 0 Å². The first kappa shape index (κ1) is 17.0. The van der Waals surface area contributed by atoms with Crippen molar-refractivity contribution in [2.45, 2.75) is 13.8 Å². The molecule has 6 heteroatoms. The topological polar surface area (TPSA) is 58.6 Å². The van der Waals surface area contributed by atoms with Crippen molar-refractivity contribution in [1.29, 1.82) is 0 Å². The number of anilines is 1. The van der Waals surface area contributed by atoms with E-state index in [0.717, 1.165) is 5.56 Å². The second-order valence-electron chi connectivity index (χ2n) is 5.03. The van der Waals surface area contributed by atoms with E-state index in [9.17, 15) is 9.59 Å². The van der Waals surface area contributed by atoms with Gasteiger partial charge in [0.15, 0.2) is 0 Å². The van der Waals surface area contributed by atoms with Gasteiger partial charge in [0.1, 0.15) is 12.3 Å². The van der Waals surface area contributed by atoms with E-state index in [4.69, 9.17) is 4.74 Å². The minimum atomic E-state index is -0.234. The SMILES string of the molecule is CCN(CC(=O)Nc1cccc(OC)c1)C(=O)c1sccc1C. The van der Waals surface area contributed by atoms with Crippen molar-refractivity contribution >= 4 is 28.8 Å². The quantitative estimate of drug-likeness (QED) is 0.884. The van der Waals surface area contributed by atoms with Gasteiger partial charge < -0.3 is 15.0 Å². The number of rotatable bonds is 6. The Hall–Kier alpha value is -2.34. The van der Waals surface area contributed by atoms with Gasteiger partial charge in [0.2, 0.25) is 5.91 Å². The summed E-state index contributed by atoms with van der Waals surface area (Å²) < 4.78 is 5.12. The summed E-state index contributed by atoms with van der Waals surface area (Å²) >= 11 is 1.40. The smallest absolute Gasteiger partial charge is 0.264 e. The fraction of sp³-hybridized carbons (Fsp3) is 0.294. The molecule has 1 N–H and O–H groups in total. The number of nitrogens with zero attached hydrogens (tertiary/aromatic N) is 1. The molecule has 0 fully saturated rings. The number of hydrogen-bond donors (Lipinski definition) is 1. The number of likely N-dealkylation sites (N-methyl/N-ethyl adjacent to an activating group) is 1. The summed E-state index contributed by atoms with van der Waals surface area (Å²) in [6.07, 6.45) is 0. The normalized spacial score (nSPS) is 10.2. The molecule has 0 aliphatic rings. The number of thiophene rings is 1. The average Bonchev–Trinajstić information content (AvgIpc) is 2.98. The van der Waals surface area contributed by atoms with Crippen LogP contribution in [0.3, 0.4) is 0 Å². The van der Waals surface area contributed by atoms with Crippen molar-refractivity contribution in [2.75, 3.05) is 25.5 Å². The highest BCUT2D eigenvalue weighted by Gasteiger charge is 2.20. The van der Waals surface area contributed by atoms with E-state index in [0.29, 0.717) is 22.9 Å². The summed E-state index contributed by atoms with van der Waals surface area (Å²) in [5.74, 6) is 0.323. The van der Waals surface area contributed by atoms with Crippen LogP contribution in [0.5, 0.6) is 5.75 Å². The third-order valence-corrected chi connectivity index (χ3v) is 4.42. The Kier molecular flexibility index (Phi) is 5.76. The van der Waals surface area contributed by atoms with Crippen LogP contribution in [0, 0.1) is 6.92 Å². The predicted octanol–water partition coefficient (Wildman–Crippen LogP) is 3.17. The summed E-state index contributed by atoms with van der Waals surface area (Å²) in [5.41, 5.74) is 1.58. The Morgan fingerprint density at radius 2 is 2.09 bits per heavy atom. The van der Waals surface area contributed by atoms with Gasteiger partial charge in [0.05, 0.1) is 12.0 Å². The Morgan fingerprint density at radius 1 is 1.30 bits per heavy atom. The minimum absolute atomic E-state index is 0.0177. The second kappa shape index (κ2) is 7.78. The molecular formula is C17H20N2O3S. The maximum atomic E-state index is 12.5. The molecule has 1 heterocycles. The molecule has 23 heavy (non-hydrogen) atoms. The van der Waals surface area contributed by atoms with Gasteiger partial charge in [-0.3, -0.25) is 9.59 Å². The monoisotopic (exact) mass is 332 g/mol. The van der Waals surface area contributed by atoms with Crippen LogP contribution in [0.1, 0.15) is 22.2 Å². The number of nitrogens with one attached hydrogen (secondary N) is 1. The lowest BCUT2D eigenvalue weighted by molar-refractivity contribution is -0.116. The number of methoxy groups -OCH3 is 1. The van der Waals surface area contributed by atoms with E-state index in [1.54, 1.807) is 31.4 Å². The van der Waals surface area contributed by atoms with Crippen LogP contribution in [-0.2, 0) is 4.79 Å². The minimum Gasteiger partial charge on any atom is -0.497 e. The zero-order valence-corrected chi connectivity index (χ0v) is 14.3. The number of ether oxygens (including phenoxy) is 1. The molecule has 0 bridgehead atoms. The molecule has 0 aliphatic heterocycles. The molecule has 0 saturated heterocycles. The highest BCUT2D eigenvalue weighted by Crippen LogP contribution is 2.19. The van der Waals surface area contributed by atoms with E-state index in [1.807, 2.05) is 25.3 Å². The lowest BCUT2D eigenvalue weighted by Crippen LogP contribution is -2.37. The van der Waals surface area contributed by atoms with Crippen LogP contribution >= 0.6 is 11.3 Å². The summed E-state index contributed by atoms with van der Waals surface area (Å²) in [6.45, 7) is 4.25. The molecule has 0 aliphatic carbocycles. The summed E-state index contributed by atoms with van der Waals surface area (Å²) in [6, 6.07) is 9.02. The second-order valence-corrected chi connectivity index (χ2v) is 5.95. The Labute approximate surface area is 139 Å². The van der Waals surface area contributed by atoms with E-state index in [1.165, 1.54) is 16.2 Å². The van der Waals surface area contributed by atoms with Crippen molar-refractivity contribution in [1.82, 2.24) is 4.90 Å². The number of hydrogen-bond acceptors (Lipinski definition) is 4. The van der Waals surface area contributed by atoms with Gasteiger partial charge in [-0.1, -0.05) is 6.07 Å². The van der Waals surface area contributed by atoms with Gasteiger partial charge in [-0.05, 0) is 43.0 Å². The molecule has 0 saturated carbocycles. The van der Waals surface area contributed by atoms with Gasteiger partial charge in [0.25, 0.3) is 5.91 Å². The third-order valence-electron chi connectivity index (χ3n) is 3.41. The van der Waals surface area contributed by atoms with Crippen molar-refractivity contribution < 1.29 is 14.3 Å². The molecular weight excluding hydrogens is 312 g/mol. The molecule has 0 atom stereocenters. The maximum absolute atomic E-state index is 12.5. The number of carbonyl (C=O) groups is 2. The number of aryl methyl sites for hydroxylation is 1. The zero-order valence-electron chi connectivity index (χ0n) is 13.5. The fourth-order valence-corrected chi connectivity index (χ4v) is 3.03. The molecule has 2 aromatic rings. The largest absolute Gasteiger partial charge is 0.497 e. The molecule has 0 unspecified atom stereocenters. The third kappa shape index (κ3) is 4.32. The van der Waals surface area contributed by atoms with Crippen molar-refractivity contribution in [3.05, 3.63) is 46.2 Å². The first-order valence-corrected chi connectivity index (χ1v) is 8.20. The first-order valence-electron chi connectivity index (χ1n) is 7.32. The Bertz CT molecular complexity index is 697. The van der Waals surface area contributed by atoms with Gasteiger partial charge in [0, 0.05) is 18.3 Å². The number of amides is 2. The van der Waals surface area contributed by atoms with E-state index >= 15 is 0 Å². The van der Waals surface area contributed by atoms with Gasteiger partial charge >= 0.3 is 0 Å². The van der Waals surface area contributed by atoms with Gasteiger partial charge in [-0.15, -0.1) is 11.3 Å². The molecule has 122 valence electrons. The Balaban J connectivity index is 2.02. The van der Waals surface area contributed by atoms with E-state index in [-0.39, 0.29) is 18.4 Å². The molecule has 0 radical (unpaired) electrons. The first-order chi connectivity index (χ1) is 11.0. The molecule has 5 nitrogen and oxygen atoms in total. The van der Waals surface area contributed by atoms with Crippen LogP contribution < -0.4 is 10.1 Å². The standard InChI is InChI=1S/C17H20N2O3S/c1-4-19(17(21)16-12(2)8-9-23-16)11-15(20)18-13-6-5-7-14(10-13)22-3/h5-10H,4,11H2,1-3H3,(H,18,20). The molecule has 2 amide bonds. The lowest BCUT2D eigenvalue weighted by Gasteiger charge is -2.20. The van der Waals surface area contributed by atoms with Crippen LogP contribution in [0.15, 0.2) is 35.7 Å². The van der Waals surface area contributed by atoms with E-state index in [2.05, 4.69) is 5.32 Å². The van der Waals surface area contributed by atoms with E-state index < -0.39 is 0 Å². The average molecular weight is 332 g/mol. The summed E-state index contributed by atoms with van der Waals surface area (Å²) in [4.78, 5) is 26.9. The highest BCUT2D eigenvalue weighted by atomic mass is 32.1. The lowest BCUT2D eigenvalue weighted by atomic mass is 10.2. The summed E-state index contributed by atoms with van der Waals surface area (Å²) in [7, 11) is 1.57. The molecule has 1 aromatic heterocycles. The van der Waals surface area contributed by atoms with Gasteiger partial charge in [-0.2, -0.15) is 0 Å². The molecule has 1 aromatic carbocycles. The van der Waals surface area contributed by atoms with Gasteiger partial charge in [-0.25, -0.2) is 0 Å². The maximum Gasteiger partial charge on any atom is 0.264 e. The molecule has 2 rings (SSSR count). The van der Waals surface area contributed by atoms with Crippen LogP contribution in [0.4, 0.5) is 5.69 Å². The van der Waals surface area contributed by atoms with Crippen molar-refractivity contribution in [2.24, 2.45) is 0 Å². The van der Waals surface area contributed by atoms with Crippen LogP contribution in [0.25, 0.3) is 0 Å². The highest BCUT2D eigenvalue weighted by molar-refractivity contribution is 7.12. The summed E-state index contributed by atoms with van der Waals surface area (Å²) in [5, 5.41) is 4.67. The fourth-order valence-electron chi connectivity index (χ4n) is 2.14. The number of carbonyl (C=O) groups excluding carboxylic acids is 2. The molecule has 0 spiro atoms.